The van der Waals surface area contributed by atoms with E-state index in [9.17, 15) is 0 Å². The second-order valence-corrected chi connectivity index (χ2v) is 3.68. The Hall–Kier alpha value is -1.09. The van der Waals surface area contributed by atoms with E-state index in [4.69, 9.17) is 0 Å². The lowest BCUT2D eigenvalue weighted by molar-refractivity contribution is 0.663. The van der Waals surface area contributed by atoms with Crippen LogP contribution in [0.25, 0.3) is 0 Å². The summed E-state index contributed by atoms with van der Waals surface area (Å²) in [5.41, 5.74) is 1.11. The van der Waals surface area contributed by atoms with E-state index < -0.39 is 0 Å². The lowest BCUT2D eigenvalue weighted by atomic mass is 10.3. The lowest BCUT2D eigenvalue weighted by Crippen LogP contribution is -2.19. The largest absolute Gasteiger partial charge is 0.360 e. The number of pyridine rings is 1. The summed E-state index contributed by atoms with van der Waals surface area (Å²) in [7, 11) is 2.06. The van der Waals surface area contributed by atoms with Crippen molar-refractivity contribution in [3.05, 3.63) is 23.9 Å². The third-order valence-electron chi connectivity index (χ3n) is 2.39. The molecule has 0 radical (unpaired) electrons. The van der Waals surface area contributed by atoms with Gasteiger partial charge in [0.15, 0.2) is 0 Å². The smallest absolute Gasteiger partial charge is 0.128 e. The Kier molecular flexibility index (Phi) is 5.12. The zero-order chi connectivity index (χ0) is 11.1. The molecule has 0 aromatic carbocycles. The van der Waals surface area contributed by atoms with Crippen LogP contribution in [-0.2, 0) is 6.54 Å². The van der Waals surface area contributed by atoms with Crippen LogP contribution >= 0.6 is 0 Å². The van der Waals surface area contributed by atoms with Gasteiger partial charge in [-0.3, -0.25) is 0 Å². The van der Waals surface area contributed by atoms with Crippen molar-refractivity contribution in [3.8, 4) is 0 Å². The second-order valence-electron chi connectivity index (χ2n) is 3.68. The van der Waals surface area contributed by atoms with E-state index >= 15 is 0 Å². The van der Waals surface area contributed by atoms with Crippen LogP contribution < -0.4 is 10.2 Å². The van der Waals surface area contributed by atoms with E-state index in [1.54, 1.807) is 0 Å². The second kappa shape index (κ2) is 6.40. The van der Waals surface area contributed by atoms with Crippen LogP contribution in [-0.4, -0.2) is 25.1 Å². The zero-order valence-corrected chi connectivity index (χ0v) is 9.95. The molecule has 0 aliphatic heterocycles. The Morgan fingerprint density at radius 1 is 1.33 bits per heavy atom. The summed E-state index contributed by atoms with van der Waals surface area (Å²) >= 11 is 0. The molecule has 0 spiro atoms. The molecule has 1 heterocycles. The maximum atomic E-state index is 4.58. The normalized spacial score (nSPS) is 10.3. The molecule has 0 fully saturated rings. The summed E-state index contributed by atoms with van der Waals surface area (Å²) < 4.78 is 0. The summed E-state index contributed by atoms with van der Waals surface area (Å²) in [6, 6.07) is 6.18. The third kappa shape index (κ3) is 3.88. The van der Waals surface area contributed by atoms with Crippen LogP contribution in [0.5, 0.6) is 0 Å². The third-order valence-corrected chi connectivity index (χ3v) is 2.39. The predicted octanol–water partition coefficient (Wildman–Crippen LogP) is 2.04. The van der Waals surface area contributed by atoms with Gasteiger partial charge in [0.2, 0.25) is 0 Å². The van der Waals surface area contributed by atoms with Crippen LogP contribution in [0.1, 0.15) is 26.0 Å². The van der Waals surface area contributed by atoms with E-state index in [1.165, 1.54) is 0 Å². The van der Waals surface area contributed by atoms with Crippen molar-refractivity contribution in [2.45, 2.75) is 26.8 Å². The van der Waals surface area contributed by atoms with Gasteiger partial charge in [-0.1, -0.05) is 13.0 Å². The molecule has 0 bridgehead atoms. The van der Waals surface area contributed by atoms with E-state index in [-0.39, 0.29) is 0 Å². The van der Waals surface area contributed by atoms with E-state index in [0.717, 1.165) is 37.6 Å². The number of hydrogen-bond donors (Lipinski definition) is 1. The van der Waals surface area contributed by atoms with Crippen molar-refractivity contribution in [3.63, 3.8) is 0 Å². The fourth-order valence-corrected chi connectivity index (χ4v) is 1.33. The molecule has 0 saturated carbocycles. The van der Waals surface area contributed by atoms with Gasteiger partial charge < -0.3 is 10.2 Å². The summed E-state index contributed by atoms with van der Waals surface area (Å²) in [5, 5.41) is 3.35. The minimum Gasteiger partial charge on any atom is -0.360 e. The standard InChI is InChI=1S/C12H21N3/c1-4-9-13-10-11-7-6-8-12(14-11)15(3)5-2/h6-8,13H,4-5,9-10H2,1-3H3. The van der Waals surface area contributed by atoms with Crippen LogP contribution in [0, 0.1) is 0 Å². The monoisotopic (exact) mass is 207 g/mol. The molecule has 1 aromatic heterocycles. The summed E-state index contributed by atoms with van der Waals surface area (Å²) in [5.74, 6) is 1.05. The van der Waals surface area contributed by atoms with Crippen LogP contribution in [0.4, 0.5) is 5.82 Å². The molecule has 1 rings (SSSR count). The minimum atomic E-state index is 0.860. The van der Waals surface area contributed by atoms with Crippen LogP contribution in [0.2, 0.25) is 0 Å². The SMILES string of the molecule is CCCNCc1cccc(N(C)CC)n1. The molecule has 0 saturated heterocycles. The van der Waals surface area contributed by atoms with Gasteiger partial charge in [0.25, 0.3) is 0 Å². The molecule has 1 N–H and O–H groups in total. The van der Waals surface area contributed by atoms with Crippen molar-refractivity contribution in [2.24, 2.45) is 0 Å². The highest BCUT2D eigenvalue weighted by Gasteiger charge is 2.00. The number of aromatic nitrogens is 1. The molecule has 3 nitrogen and oxygen atoms in total. The molecule has 84 valence electrons. The van der Waals surface area contributed by atoms with Gasteiger partial charge in [-0.25, -0.2) is 4.98 Å². The molecular weight excluding hydrogens is 186 g/mol. The van der Waals surface area contributed by atoms with Crippen LogP contribution in [0.3, 0.4) is 0 Å². The molecule has 0 unspecified atom stereocenters. The molecule has 0 amide bonds. The first kappa shape index (κ1) is 12.0. The van der Waals surface area contributed by atoms with E-state index in [2.05, 4.69) is 48.2 Å². The van der Waals surface area contributed by atoms with Crippen molar-refractivity contribution >= 4 is 5.82 Å². The molecule has 3 heteroatoms. The Morgan fingerprint density at radius 2 is 2.13 bits per heavy atom. The molecule has 15 heavy (non-hydrogen) atoms. The van der Waals surface area contributed by atoms with Gasteiger partial charge >= 0.3 is 0 Å². The Morgan fingerprint density at radius 3 is 2.80 bits per heavy atom. The Labute approximate surface area is 92.5 Å². The van der Waals surface area contributed by atoms with Gasteiger partial charge in [0, 0.05) is 20.1 Å². The van der Waals surface area contributed by atoms with Crippen molar-refractivity contribution < 1.29 is 0 Å². The Bertz CT molecular complexity index is 286. The summed E-state index contributed by atoms with van der Waals surface area (Å²) in [4.78, 5) is 6.72. The van der Waals surface area contributed by atoms with Crippen LogP contribution in [0.15, 0.2) is 18.2 Å². The maximum Gasteiger partial charge on any atom is 0.128 e. The van der Waals surface area contributed by atoms with E-state index in [0.29, 0.717) is 0 Å². The summed E-state index contributed by atoms with van der Waals surface area (Å²) in [6.07, 6.45) is 1.16. The molecule has 0 aliphatic carbocycles. The van der Waals surface area contributed by atoms with Gasteiger partial charge in [0.1, 0.15) is 5.82 Å². The molecule has 0 aliphatic rings. The number of nitrogens with one attached hydrogen (secondary N) is 1. The highest BCUT2D eigenvalue weighted by molar-refractivity contribution is 5.37. The first-order valence-electron chi connectivity index (χ1n) is 5.65. The maximum absolute atomic E-state index is 4.58. The fourth-order valence-electron chi connectivity index (χ4n) is 1.33. The van der Waals surface area contributed by atoms with E-state index in [1.807, 2.05) is 6.07 Å². The van der Waals surface area contributed by atoms with Crippen molar-refractivity contribution in [2.75, 3.05) is 25.0 Å². The van der Waals surface area contributed by atoms with Gasteiger partial charge in [0.05, 0.1) is 5.69 Å². The quantitative estimate of drug-likeness (QED) is 0.724. The molecule has 1 aromatic rings. The predicted molar refractivity (Wildman–Crippen MR) is 65.2 cm³/mol. The lowest BCUT2D eigenvalue weighted by Gasteiger charge is -2.16. The first-order chi connectivity index (χ1) is 7.27. The van der Waals surface area contributed by atoms with Gasteiger partial charge in [-0.15, -0.1) is 0 Å². The fraction of sp³-hybridized carbons (Fsp3) is 0.583. The highest BCUT2D eigenvalue weighted by atomic mass is 15.2. The Balaban J connectivity index is 2.57. The van der Waals surface area contributed by atoms with Crippen molar-refractivity contribution in [1.82, 2.24) is 10.3 Å². The first-order valence-corrected chi connectivity index (χ1v) is 5.65. The van der Waals surface area contributed by atoms with Gasteiger partial charge in [-0.2, -0.15) is 0 Å². The number of anilines is 1. The number of hydrogen-bond acceptors (Lipinski definition) is 3. The topological polar surface area (TPSA) is 28.2 Å². The zero-order valence-electron chi connectivity index (χ0n) is 9.95. The molecule has 0 atom stereocenters. The van der Waals surface area contributed by atoms with Crippen molar-refractivity contribution in [1.29, 1.82) is 0 Å². The minimum absolute atomic E-state index is 0.860. The summed E-state index contributed by atoms with van der Waals surface area (Å²) in [6.45, 7) is 7.19. The highest BCUT2D eigenvalue weighted by Crippen LogP contribution is 2.08. The number of rotatable bonds is 6. The average molecular weight is 207 g/mol. The molecular formula is C12H21N3. The average Bonchev–Trinajstić information content (AvgIpc) is 2.29. The van der Waals surface area contributed by atoms with Gasteiger partial charge in [-0.05, 0) is 32.0 Å². The number of nitrogens with zero attached hydrogens (tertiary/aromatic N) is 2.